The Bertz CT molecular complexity index is 1510. The van der Waals surface area contributed by atoms with Gasteiger partial charge in [-0.15, -0.1) is 0 Å². The summed E-state index contributed by atoms with van der Waals surface area (Å²) in [5.74, 6) is -1.62. The minimum Gasteiger partial charge on any atom is -0.460 e. The van der Waals surface area contributed by atoms with Gasteiger partial charge in [0, 0.05) is 24.1 Å². The second-order valence-corrected chi connectivity index (χ2v) is 15.2. The van der Waals surface area contributed by atoms with Crippen LogP contribution in [0.4, 0.5) is 4.39 Å². The van der Waals surface area contributed by atoms with E-state index in [1.54, 1.807) is 41.5 Å². The standard InChI is InChI=1S/C27H31Cl2FN4O4S/c1-25(2,3)38-22(36)13-20-26(4,5)39(37)21(9-10-32-39)27(6,34-20)24-18(30)8-7-16(33-24)12-19(35)23-17(29)11-15(28)14-31-23/h7-8,11,14,21H,9-10,12-13H2,1-6H3/t21-,27-,39+/m0/s1. The number of halogens is 3. The lowest BCUT2D eigenvalue weighted by Crippen LogP contribution is -2.56. The Balaban J connectivity index is 1.78. The molecule has 0 aromatic carbocycles. The third-order valence-electron chi connectivity index (χ3n) is 7.01. The second-order valence-electron chi connectivity index (χ2n) is 11.4. The first-order valence-electron chi connectivity index (χ1n) is 12.5. The fourth-order valence-corrected chi connectivity index (χ4v) is 8.84. The number of ketones is 1. The molecule has 3 atom stereocenters. The topological polar surface area (TPSA) is 111 Å². The van der Waals surface area contributed by atoms with E-state index >= 15 is 4.39 Å². The Morgan fingerprint density at radius 2 is 1.87 bits per heavy atom. The molecule has 4 heterocycles. The summed E-state index contributed by atoms with van der Waals surface area (Å²) >= 11 is 12.0. The van der Waals surface area contributed by atoms with Crippen molar-refractivity contribution in [3.05, 3.63) is 57.3 Å². The molecule has 0 spiro atoms. The lowest BCUT2D eigenvalue weighted by atomic mass is 9.88. The van der Waals surface area contributed by atoms with E-state index in [0.717, 1.165) is 0 Å². The van der Waals surface area contributed by atoms with Crippen LogP contribution < -0.4 is 0 Å². The fraction of sp³-hybridized carbons (Fsp3) is 0.519. The van der Waals surface area contributed by atoms with Gasteiger partial charge in [0.15, 0.2) is 5.78 Å². The summed E-state index contributed by atoms with van der Waals surface area (Å²) in [6.45, 7) is 10.7. The summed E-state index contributed by atoms with van der Waals surface area (Å²) in [7, 11) is -3.00. The number of esters is 1. The Labute approximate surface area is 238 Å². The van der Waals surface area contributed by atoms with Crippen LogP contribution >= 0.6 is 23.2 Å². The molecule has 2 aromatic rings. The number of carbonyl (C=O) groups is 2. The summed E-state index contributed by atoms with van der Waals surface area (Å²) in [5, 5.41) is -0.264. The molecule has 0 N–H and O–H groups in total. The summed E-state index contributed by atoms with van der Waals surface area (Å²) < 4.78 is 38.9. The van der Waals surface area contributed by atoms with Crippen molar-refractivity contribution in [2.75, 3.05) is 6.54 Å². The molecule has 2 aliphatic rings. The van der Waals surface area contributed by atoms with Crippen LogP contribution in [0.1, 0.15) is 76.3 Å². The van der Waals surface area contributed by atoms with Crippen LogP contribution in [-0.4, -0.2) is 53.8 Å². The molecule has 0 radical (unpaired) electrons. The first-order valence-corrected chi connectivity index (χ1v) is 14.8. The number of nitrogens with zero attached hydrogens (tertiary/aromatic N) is 4. The summed E-state index contributed by atoms with van der Waals surface area (Å²) in [4.78, 5) is 39.2. The highest BCUT2D eigenvalue weighted by atomic mass is 35.5. The molecular weight excluding hydrogens is 566 g/mol. The molecule has 0 aliphatic carbocycles. The first kappa shape index (κ1) is 29.6. The molecule has 2 aliphatic heterocycles. The number of aliphatic imine (C=N–C) groups is 1. The highest BCUT2D eigenvalue weighted by Crippen LogP contribution is 2.48. The molecule has 0 fully saturated rings. The average Bonchev–Trinajstić information content (AvgIpc) is 3.22. The van der Waals surface area contributed by atoms with E-state index in [1.165, 1.54) is 24.4 Å². The molecule has 8 nitrogen and oxygen atoms in total. The maximum Gasteiger partial charge on any atom is 0.312 e. The predicted octanol–water partition coefficient (Wildman–Crippen LogP) is 5.77. The van der Waals surface area contributed by atoms with Crippen molar-refractivity contribution >= 4 is 50.4 Å². The van der Waals surface area contributed by atoms with E-state index in [1.807, 2.05) is 0 Å². The van der Waals surface area contributed by atoms with Gasteiger partial charge in [-0.2, -0.15) is 0 Å². The molecule has 210 valence electrons. The van der Waals surface area contributed by atoms with Gasteiger partial charge in [-0.3, -0.25) is 19.6 Å². The van der Waals surface area contributed by atoms with E-state index in [0.29, 0.717) is 18.7 Å². The lowest BCUT2D eigenvalue weighted by Gasteiger charge is -2.45. The molecule has 4 rings (SSSR count). The highest BCUT2D eigenvalue weighted by Gasteiger charge is 2.58. The molecule has 0 unspecified atom stereocenters. The predicted molar refractivity (Wildman–Crippen MR) is 150 cm³/mol. The number of ether oxygens (including phenoxy) is 1. The monoisotopic (exact) mass is 596 g/mol. The van der Waals surface area contributed by atoms with Gasteiger partial charge >= 0.3 is 5.97 Å². The number of pyridine rings is 2. The zero-order valence-corrected chi connectivity index (χ0v) is 25.0. The Hall–Kier alpha value is -2.43. The van der Waals surface area contributed by atoms with Crippen molar-refractivity contribution in [1.82, 2.24) is 9.97 Å². The van der Waals surface area contributed by atoms with Gasteiger partial charge in [-0.1, -0.05) is 23.2 Å². The maximum absolute atomic E-state index is 15.5. The van der Waals surface area contributed by atoms with Gasteiger partial charge in [-0.05, 0) is 66.2 Å². The number of rotatable bonds is 6. The number of Topliss-reactive ketones (excluding diaryl/α,β-unsaturated/α-hetero) is 1. The first-order chi connectivity index (χ1) is 18.0. The Morgan fingerprint density at radius 1 is 1.18 bits per heavy atom. The Morgan fingerprint density at radius 3 is 2.51 bits per heavy atom. The molecule has 12 heteroatoms. The molecule has 39 heavy (non-hydrogen) atoms. The smallest absolute Gasteiger partial charge is 0.312 e. The quantitative estimate of drug-likeness (QED) is 0.309. The third kappa shape index (κ3) is 5.47. The van der Waals surface area contributed by atoms with Crippen LogP contribution in [0.2, 0.25) is 10.0 Å². The van der Waals surface area contributed by atoms with E-state index < -0.39 is 48.4 Å². The number of hydrogen-bond acceptors (Lipinski definition) is 8. The van der Waals surface area contributed by atoms with Crippen LogP contribution in [0.5, 0.6) is 0 Å². The highest BCUT2D eigenvalue weighted by molar-refractivity contribution is 7.96. The van der Waals surface area contributed by atoms with E-state index in [2.05, 4.69) is 14.3 Å². The van der Waals surface area contributed by atoms with Crippen LogP contribution in [0.3, 0.4) is 0 Å². The van der Waals surface area contributed by atoms with Gasteiger partial charge in [-0.25, -0.2) is 17.9 Å². The van der Waals surface area contributed by atoms with Crippen LogP contribution in [0.15, 0.2) is 33.8 Å². The third-order valence-corrected chi connectivity index (χ3v) is 11.2. The van der Waals surface area contributed by atoms with Crippen molar-refractivity contribution in [2.24, 2.45) is 9.36 Å². The SMILES string of the molecule is CC(C)(C)OC(=O)CC1=N[C@](C)(c2nc(CC(=O)c3ncc(Cl)cc3Cl)ccc2F)[C@@H]2CCN=[S@]2(=O)C1(C)C. The fourth-order valence-electron chi connectivity index (χ4n) is 5.10. The summed E-state index contributed by atoms with van der Waals surface area (Å²) in [5.41, 5.74) is -1.59. The molecule has 0 saturated carbocycles. The largest absolute Gasteiger partial charge is 0.460 e. The summed E-state index contributed by atoms with van der Waals surface area (Å²) in [6, 6.07) is 4.03. The zero-order valence-electron chi connectivity index (χ0n) is 22.7. The number of hydrogen-bond donors (Lipinski definition) is 0. The number of carbonyl (C=O) groups excluding carboxylic acids is 2. The minimum absolute atomic E-state index is 0.0228. The number of aromatic nitrogens is 2. The molecule has 0 saturated heterocycles. The maximum atomic E-state index is 15.5. The molecular formula is C27H31Cl2FN4O4S. The molecule has 0 bridgehead atoms. The van der Waals surface area contributed by atoms with E-state index in [4.69, 9.17) is 32.9 Å². The molecule has 0 amide bonds. The average molecular weight is 598 g/mol. The molecule has 2 aromatic heterocycles. The van der Waals surface area contributed by atoms with Crippen LogP contribution in [0.25, 0.3) is 0 Å². The summed E-state index contributed by atoms with van der Waals surface area (Å²) in [6.07, 6.45) is 1.30. The normalized spacial score (nSPS) is 25.9. The zero-order chi connectivity index (χ0) is 29.0. The second kappa shape index (κ2) is 10.2. The minimum atomic E-state index is -3.00. The van der Waals surface area contributed by atoms with Crippen molar-refractivity contribution < 1.29 is 22.9 Å². The van der Waals surface area contributed by atoms with Gasteiger partial charge in [0.05, 0.1) is 42.6 Å². The van der Waals surface area contributed by atoms with Crippen molar-refractivity contribution in [2.45, 2.75) is 81.9 Å². The van der Waals surface area contributed by atoms with E-state index in [9.17, 15) is 13.8 Å². The van der Waals surface area contributed by atoms with E-state index in [-0.39, 0.29) is 40.0 Å². The van der Waals surface area contributed by atoms with Crippen LogP contribution in [0, 0.1) is 5.82 Å². The van der Waals surface area contributed by atoms with Crippen LogP contribution in [-0.2, 0) is 31.2 Å². The van der Waals surface area contributed by atoms with Gasteiger partial charge in [0.25, 0.3) is 0 Å². The van der Waals surface area contributed by atoms with Gasteiger partial charge in [0.2, 0.25) is 0 Å². The van der Waals surface area contributed by atoms with Crippen molar-refractivity contribution in [3.8, 4) is 0 Å². The van der Waals surface area contributed by atoms with Gasteiger partial charge in [0.1, 0.15) is 28.3 Å². The van der Waals surface area contributed by atoms with Crippen molar-refractivity contribution in [1.29, 1.82) is 0 Å². The lowest BCUT2D eigenvalue weighted by molar-refractivity contribution is -0.153. The number of fused-ring (bicyclic) bond motifs is 1. The van der Waals surface area contributed by atoms with Gasteiger partial charge < -0.3 is 4.74 Å². The Kier molecular flexibility index (Phi) is 7.73. The van der Waals surface area contributed by atoms with Crippen molar-refractivity contribution in [3.63, 3.8) is 0 Å².